The van der Waals surface area contributed by atoms with Crippen LogP contribution in [0.3, 0.4) is 0 Å². The molecule has 0 aromatic heterocycles. The Kier molecular flexibility index (Phi) is 4.58. The molecule has 110 valence electrons. The van der Waals surface area contributed by atoms with Gasteiger partial charge in [0.2, 0.25) is 5.78 Å². The fourth-order valence-electron chi connectivity index (χ4n) is 1.83. The maximum atomic E-state index is 13.1. The lowest BCUT2D eigenvalue weighted by atomic mass is 10.1. The number of halogens is 3. The van der Waals surface area contributed by atoms with E-state index < -0.39 is 23.5 Å². The van der Waals surface area contributed by atoms with Crippen LogP contribution in [-0.2, 0) is 0 Å². The molecule has 2 nitrogen and oxygen atoms in total. The van der Waals surface area contributed by atoms with Crippen LogP contribution in [-0.4, -0.2) is 11.9 Å². The summed E-state index contributed by atoms with van der Waals surface area (Å²) in [6, 6.07) is 8.16. The maximum Gasteiger partial charge on any atom is 0.203 e. The first-order chi connectivity index (χ1) is 9.88. The molecule has 0 aliphatic carbocycles. The van der Waals surface area contributed by atoms with Gasteiger partial charge in [-0.1, -0.05) is 17.7 Å². The Morgan fingerprint density at radius 1 is 1.14 bits per heavy atom. The molecule has 0 fully saturated rings. The van der Waals surface area contributed by atoms with E-state index in [0.29, 0.717) is 10.8 Å². The highest BCUT2D eigenvalue weighted by Crippen LogP contribution is 2.26. The number of ether oxygens (including phenoxy) is 1. The number of rotatable bonds is 4. The van der Waals surface area contributed by atoms with Gasteiger partial charge in [-0.25, -0.2) is 8.78 Å². The second-order valence-corrected chi connectivity index (χ2v) is 5.09. The van der Waals surface area contributed by atoms with Gasteiger partial charge in [0.1, 0.15) is 5.75 Å². The third-order valence-corrected chi connectivity index (χ3v) is 3.26. The van der Waals surface area contributed by atoms with Gasteiger partial charge in [-0.2, -0.15) is 0 Å². The number of carbonyl (C=O) groups is 1. The Hall–Kier alpha value is -1.94. The predicted octanol–water partition coefficient (Wildman–Crippen LogP) is 4.58. The van der Waals surface area contributed by atoms with Gasteiger partial charge < -0.3 is 4.74 Å². The van der Waals surface area contributed by atoms with Gasteiger partial charge in [0.25, 0.3) is 0 Å². The smallest absolute Gasteiger partial charge is 0.203 e. The van der Waals surface area contributed by atoms with Crippen LogP contribution in [0.2, 0.25) is 5.02 Å². The van der Waals surface area contributed by atoms with Gasteiger partial charge >= 0.3 is 0 Å². The quantitative estimate of drug-likeness (QED) is 0.773. The minimum absolute atomic E-state index is 0.0460. The van der Waals surface area contributed by atoms with E-state index in [4.69, 9.17) is 16.3 Å². The Labute approximate surface area is 126 Å². The van der Waals surface area contributed by atoms with Crippen molar-refractivity contribution in [2.75, 3.05) is 0 Å². The van der Waals surface area contributed by atoms with Crippen LogP contribution >= 0.6 is 11.6 Å². The maximum absolute atomic E-state index is 13.1. The lowest BCUT2D eigenvalue weighted by Crippen LogP contribution is -2.24. The van der Waals surface area contributed by atoms with E-state index in [1.165, 1.54) is 13.0 Å². The summed E-state index contributed by atoms with van der Waals surface area (Å²) in [7, 11) is 0. The van der Waals surface area contributed by atoms with Gasteiger partial charge in [0.15, 0.2) is 17.7 Å². The fourth-order valence-corrected chi connectivity index (χ4v) is 2.11. The van der Waals surface area contributed by atoms with Crippen LogP contribution in [0.5, 0.6) is 5.75 Å². The molecule has 0 bridgehead atoms. The number of Topliss-reactive ketones (excluding diaryl/α,β-unsaturated/α-hetero) is 1. The molecule has 2 rings (SSSR count). The molecule has 0 saturated heterocycles. The summed E-state index contributed by atoms with van der Waals surface area (Å²) in [6.07, 6.45) is -0.866. The van der Waals surface area contributed by atoms with Crippen LogP contribution < -0.4 is 4.74 Å². The first kappa shape index (κ1) is 15.4. The minimum Gasteiger partial charge on any atom is -0.481 e. The van der Waals surface area contributed by atoms with Crippen LogP contribution in [0.4, 0.5) is 8.78 Å². The lowest BCUT2D eigenvalue weighted by molar-refractivity contribution is 0.0817. The van der Waals surface area contributed by atoms with E-state index in [9.17, 15) is 13.6 Å². The molecule has 0 aliphatic heterocycles. The normalized spacial score (nSPS) is 12.0. The molecule has 0 heterocycles. The highest BCUT2D eigenvalue weighted by molar-refractivity contribution is 6.32. The Balaban J connectivity index is 2.17. The van der Waals surface area contributed by atoms with Crippen molar-refractivity contribution in [3.05, 3.63) is 64.2 Å². The minimum atomic E-state index is -1.07. The predicted molar refractivity (Wildman–Crippen MR) is 77.0 cm³/mol. The average molecular weight is 311 g/mol. The lowest BCUT2D eigenvalue weighted by Gasteiger charge is -2.15. The number of hydrogen-bond acceptors (Lipinski definition) is 2. The summed E-state index contributed by atoms with van der Waals surface area (Å²) in [5.41, 5.74) is 1.01. The second kappa shape index (κ2) is 6.22. The molecule has 2 aromatic carbocycles. The summed E-state index contributed by atoms with van der Waals surface area (Å²) in [4.78, 5) is 12.1. The first-order valence-electron chi connectivity index (χ1n) is 6.30. The van der Waals surface area contributed by atoms with E-state index >= 15 is 0 Å². The van der Waals surface area contributed by atoms with Crippen molar-refractivity contribution in [3.8, 4) is 5.75 Å². The number of aryl methyl sites for hydroxylation is 1. The molecule has 1 unspecified atom stereocenters. The van der Waals surface area contributed by atoms with Crippen LogP contribution in [0, 0.1) is 18.6 Å². The Morgan fingerprint density at radius 3 is 2.48 bits per heavy atom. The SMILES string of the molecule is Cc1ccc(OC(C)C(=O)c2ccc(F)c(F)c2)c(Cl)c1. The zero-order valence-corrected chi connectivity index (χ0v) is 12.2. The molecule has 1 atom stereocenters. The van der Waals surface area contributed by atoms with Crippen LogP contribution in [0.15, 0.2) is 36.4 Å². The molecule has 2 aromatic rings. The molecule has 0 radical (unpaired) electrons. The molecule has 0 saturated carbocycles. The molecule has 5 heteroatoms. The monoisotopic (exact) mass is 310 g/mol. The molecule has 21 heavy (non-hydrogen) atoms. The van der Waals surface area contributed by atoms with Gasteiger partial charge in [-0.05, 0) is 49.7 Å². The van der Waals surface area contributed by atoms with Gasteiger partial charge in [0.05, 0.1) is 5.02 Å². The molecular formula is C16H13ClF2O2. The Morgan fingerprint density at radius 2 is 1.86 bits per heavy atom. The van der Waals surface area contributed by atoms with E-state index in [0.717, 1.165) is 17.7 Å². The summed E-state index contributed by atoms with van der Waals surface area (Å²) in [5.74, 6) is -2.15. The molecule has 0 aliphatic rings. The third kappa shape index (κ3) is 3.58. The number of benzene rings is 2. The van der Waals surface area contributed by atoms with Crippen LogP contribution in [0.1, 0.15) is 22.8 Å². The fraction of sp³-hybridized carbons (Fsp3) is 0.188. The molecular weight excluding hydrogens is 298 g/mol. The highest BCUT2D eigenvalue weighted by Gasteiger charge is 2.19. The average Bonchev–Trinajstić information content (AvgIpc) is 2.44. The molecule has 0 spiro atoms. The zero-order valence-electron chi connectivity index (χ0n) is 11.5. The van der Waals surface area contributed by atoms with E-state index in [-0.39, 0.29) is 5.56 Å². The van der Waals surface area contributed by atoms with Crippen molar-refractivity contribution in [3.63, 3.8) is 0 Å². The van der Waals surface area contributed by atoms with Gasteiger partial charge in [-0.15, -0.1) is 0 Å². The van der Waals surface area contributed by atoms with E-state index in [1.807, 2.05) is 6.92 Å². The largest absolute Gasteiger partial charge is 0.481 e. The molecule has 0 amide bonds. The Bertz CT molecular complexity index is 686. The van der Waals surface area contributed by atoms with Crippen molar-refractivity contribution in [2.45, 2.75) is 20.0 Å². The highest BCUT2D eigenvalue weighted by atomic mass is 35.5. The van der Waals surface area contributed by atoms with E-state index in [1.54, 1.807) is 18.2 Å². The summed E-state index contributed by atoms with van der Waals surface area (Å²) in [6.45, 7) is 3.41. The second-order valence-electron chi connectivity index (χ2n) is 4.69. The van der Waals surface area contributed by atoms with Crippen molar-refractivity contribution in [1.82, 2.24) is 0 Å². The number of carbonyl (C=O) groups excluding carboxylic acids is 1. The third-order valence-electron chi connectivity index (χ3n) is 2.96. The molecule has 0 N–H and O–H groups in total. The van der Waals surface area contributed by atoms with Crippen molar-refractivity contribution in [2.24, 2.45) is 0 Å². The zero-order chi connectivity index (χ0) is 15.6. The summed E-state index contributed by atoms with van der Waals surface area (Å²) >= 11 is 6.02. The summed E-state index contributed by atoms with van der Waals surface area (Å²) in [5, 5.41) is 0.389. The number of hydrogen-bond donors (Lipinski definition) is 0. The van der Waals surface area contributed by atoms with E-state index in [2.05, 4.69) is 0 Å². The summed E-state index contributed by atoms with van der Waals surface area (Å²) < 4.78 is 31.5. The number of ketones is 1. The van der Waals surface area contributed by atoms with Crippen molar-refractivity contribution < 1.29 is 18.3 Å². The van der Waals surface area contributed by atoms with Crippen molar-refractivity contribution in [1.29, 1.82) is 0 Å². The first-order valence-corrected chi connectivity index (χ1v) is 6.68. The topological polar surface area (TPSA) is 26.3 Å². The van der Waals surface area contributed by atoms with Crippen LogP contribution in [0.25, 0.3) is 0 Å². The van der Waals surface area contributed by atoms with Gasteiger partial charge in [0, 0.05) is 5.56 Å². The van der Waals surface area contributed by atoms with Gasteiger partial charge in [-0.3, -0.25) is 4.79 Å². The standard InChI is InChI=1S/C16H13ClF2O2/c1-9-3-6-15(12(17)7-9)21-10(2)16(20)11-4-5-13(18)14(19)8-11/h3-8,10H,1-2H3. The van der Waals surface area contributed by atoms with Crippen molar-refractivity contribution >= 4 is 17.4 Å².